The zero-order valence-electron chi connectivity index (χ0n) is 24.8. The van der Waals surface area contributed by atoms with Crippen LogP contribution in [-0.4, -0.2) is 71.2 Å². The summed E-state index contributed by atoms with van der Waals surface area (Å²) in [5.74, 6) is -2.50. The number of hydrogen-bond donors (Lipinski definition) is 1. The minimum atomic E-state index is -1.19. The molecule has 0 aromatic heterocycles. The van der Waals surface area contributed by atoms with Gasteiger partial charge in [-0.05, 0) is 68.5 Å². The van der Waals surface area contributed by atoms with Crippen molar-refractivity contribution in [2.45, 2.75) is 50.4 Å². The number of hydrogen-bond acceptors (Lipinski definition) is 5. The van der Waals surface area contributed by atoms with Crippen LogP contribution in [0.1, 0.15) is 33.1 Å². The highest BCUT2D eigenvalue weighted by atomic mass is 35.5. The Kier molecular flexibility index (Phi) is 8.84. The summed E-state index contributed by atoms with van der Waals surface area (Å²) in [4.78, 5) is 48.6. The van der Waals surface area contributed by atoms with Gasteiger partial charge in [0.15, 0.2) is 0 Å². The van der Waals surface area contributed by atoms with Crippen LogP contribution >= 0.6 is 11.6 Å². The Bertz CT molecular complexity index is 1380. The number of unbranched alkanes of at least 4 members (excludes halogenated alkanes) is 1. The summed E-state index contributed by atoms with van der Waals surface area (Å²) in [6.45, 7) is 12.4. The van der Waals surface area contributed by atoms with Crippen molar-refractivity contribution in [2.75, 3.05) is 36.0 Å². The van der Waals surface area contributed by atoms with Gasteiger partial charge < -0.3 is 24.5 Å². The summed E-state index contributed by atoms with van der Waals surface area (Å²) in [7, 11) is 0. The fraction of sp³-hybridized carbons (Fsp3) is 0.441. The highest BCUT2D eigenvalue weighted by Crippen LogP contribution is 2.65. The Balaban J connectivity index is 1.61. The SMILES string of the molecule is C=CCN(C(=O)C1N(CCCCO)C(=O)[C@@H]2[C@H](C(=O)N(CC=C)c3ccccc3)[C@@]3(C)OC12CC3C)c1ccc(Cl)cc1. The fourth-order valence-corrected chi connectivity index (χ4v) is 7.60. The maximum Gasteiger partial charge on any atom is 0.253 e. The third-order valence-electron chi connectivity index (χ3n) is 9.48. The minimum absolute atomic E-state index is 0.0249. The van der Waals surface area contributed by atoms with Crippen LogP contribution in [0.2, 0.25) is 5.02 Å². The standard InChI is InChI=1S/C34H40ClN3O5/c1-5-18-36(25-12-8-7-9-13-25)30(40)27-28-31(41)38(20-10-11-21-39)29(34(28)22-23(3)33(27,4)43-34)32(42)37(19-6-2)26-16-14-24(35)15-17-26/h5-9,12-17,23,27-29,39H,1-2,10-11,18-22H2,3-4H3/t23?,27-,28+,29?,33+,34?/m1/s1. The van der Waals surface area contributed by atoms with E-state index in [0.717, 1.165) is 0 Å². The predicted molar refractivity (Wildman–Crippen MR) is 168 cm³/mol. The van der Waals surface area contributed by atoms with Gasteiger partial charge in [0.05, 0.1) is 17.4 Å². The number of aliphatic hydroxyl groups excluding tert-OH is 1. The van der Waals surface area contributed by atoms with Crippen molar-refractivity contribution in [3.05, 3.63) is 84.9 Å². The van der Waals surface area contributed by atoms with Crippen molar-refractivity contribution in [1.29, 1.82) is 0 Å². The number of amides is 3. The number of benzene rings is 2. The number of halogens is 1. The first-order chi connectivity index (χ1) is 20.6. The number of ether oxygens (including phenoxy) is 1. The average molecular weight is 606 g/mol. The van der Waals surface area contributed by atoms with E-state index in [1.54, 1.807) is 51.1 Å². The van der Waals surface area contributed by atoms with Crippen LogP contribution in [0.3, 0.4) is 0 Å². The van der Waals surface area contributed by atoms with E-state index in [1.165, 1.54) is 0 Å². The number of carbonyl (C=O) groups excluding carboxylic acids is 3. The van der Waals surface area contributed by atoms with Crippen LogP contribution in [0, 0.1) is 17.8 Å². The highest BCUT2D eigenvalue weighted by molar-refractivity contribution is 6.30. The molecule has 5 rings (SSSR count). The first-order valence-corrected chi connectivity index (χ1v) is 15.3. The molecule has 228 valence electrons. The molecule has 3 heterocycles. The van der Waals surface area contributed by atoms with Crippen molar-refractivity contribution in [3.63, 3.8) is 0 Å². The Hall–Kier alpha value is -3.46. The van der Waals surface area contributed by atoms with E-state index in [1.807, 2.05) is 44.2 Å². The van der Waals surface area contributed by atoms with Crippen molar-refractivity contribution in [2.24, 2.45) is 17.8 Å². The number of carbonyl (C=O) groups is 3. The molecule has 2 aromatic rings. The average Bonchev–Trinajstić information content (AvgIpc) is 3.51. The Labute approximate surface area is 258 Å². The Morgan fingerprint density at radius 3 is 2.23 bits per heavy atom. The number of anilines is 2. The third-order valence-corrected chi connectivity index (χ3v) is 9.74. The second kappa shape index (κ2) is 12.3. The van der Waals surface area contributed by atoms with E-state index in [-0.39, 0.29) is 49.9 Å². The van der Waals surface area contributed by atoms with Gasteiger partial charge in [0.2, 0.25) is 11.8 Å². The molecular formula is C34H40ClN3O5. The van der Waals surface area contributed by atoms with Gasteiger partial charge in [0.1, 0.15) is 11.6 Å². The van der Waals surface area contributed by atoms with Crippen LogP contribution in [0.5, 0.6) is 0 Å². The molecule has 6 atom stereocenters. The zero-order valence-corrected chi connectivity index (χ0v) is 25.6. The zero-order chi connectivity index (χ0) is 30.9. The maximum absolute atomic E-state index is 14.7. The van der Waals surface area contributed by atoms with Crippen LogP contribution in [0.25, 0.3) is 0 Å². The van der Waals surface area contributed by atoms with Gasteiger partial charge in [-0.1, -0.05) is 48.9 Å². The normalized spacial score (nSPS) is 28.9. The molecule has 1 N–H and O–H groups in total. The molecule has 3 aliphatic rings. The van der Waals surface area contributed by atoms with Gasteiger partial charge in [-0.3, -0.25) is 14.4 Å². The minimum Gasteiger partial charge on any atom is -0.396 e. The summed E-state index contributed by atoms with van der Waals surface area (Å²) in [5.41, 5.74) is -0.814. The van der Waals surface area contributed by atoms with Crippen LogP contribution in [-0.2, 0) is 19.1 Å². The molecule has 2 bridgehead atoms. The lowest BCUT2D eigenvalue weighted by Crippen LogP contribution is -2.57. The largest absolute Gasteiger partial charge is 0.396 e. The fourth-order valence-electron chi connectivity index (χ4n) is 7.48. The molecular weight excluding hydrogens is 566 g/mol. The quantitative estimate of drug-likeness (QED) is 0.276. The number of fused-ring (bicyclic) bond motifs is 1. The van der Waals surface area contributed by atoms with E-state index < -0.39 is 29.1 Å². The van der Waals surface area contributed by atoms with E-state index in [9.17, 15) is 19.5 Å². The third kappa shape index (κ3) is 5.09. The van der Waals surface area contributed by atoms with Crippen LogP contribution in [0.15, 0.2) is 79.9 Å². The lowest BCUT2D eigenvalue weighted by Gasteiger charge is -2.39. The van der Waals surface area contributed by atoms with Gasteiger partial charge in [-0.25, -0.2) is 0 Å². The number of likely N-dealkylation sites (tertiary alicyclic amines) is 1. The molecule has 1 spiro atoms. The molecule has 0 aliphatic carbocycles. The molecule has 8 nitrogen and oxygen atoms in total. The number of nitrogens with zero attached hydrogens (tertiary/aromatic N) is 3. The van der Waals surface area contributed by atoms with Gasteiger partial charge >= 0.3 is 0 Å². The molecule has 3 unspecified atom stereocenters. The number of aliphatic hydroxyl groups is 1. The molecule has 3 fully saturated rings. The number of rotatable bonds is 12. The van der Waals surface area contributed by atoms with E-state index in [2.05, 4.69) is 13.2 Å². The van der Waals surface area contributed by atoms with Gasteiger partial charge in [-0.2, -0.15) is 0 Å². The molecule has 3 amide bonds. The van der Waals surface area contributed by atoms with Crippen LogP contribution < -0.4 is 9.80 Å². The summed E-state index contributed by atoms with van der Waals surface area (Å²) >= 11 is 6.15. The molecule has 0 radical (unpaired) electrons. The lowest BCUT2D eigenvalue weighted by atomic mass is 9.62. The first-order valence-electron chi connectivity index (χ1n) is 14.9. The van der Waals surface area contributed by atoms with Crippen molar-refractivity contribution >= 4 is 40.7 Å². The summed E-state index contributed by atoms with van der Waals surface area (Å²) in [6, 6.07) is 15.4. The molecule has 0 saturated carbocycles. The highest BCUT2D eigenvalue weighted by Gasteiger charge is 2.80. The Morgan fingerprint density at radius 2 is 1.63 bits per heavy atom. The summed E-state index contributed by atoms with van der Waals surface area (Å²) in [5, 5.41) is 10.0. The maximum atomic E-state index is 14.7. The van der Waals surface area contributed by atoms with E-state index >= 15 is 0 Å². The van der Waals surface area contributed by atoms with Gasteiger partial charge in [0, 0.05) is 42.6 Å². The van der Waals surface area contributed by atoms with Gasteiger partial charge in [0.25, 0.3) is 5.91 Å². The second-order valence-electron chi connectivity index (χ2n) is 12.0. The van der Waals surface area contributed by atoms with Crippen molar-refractivity contribution < 1.29 is 24.2 Å². The lowest BCUT2D eigenvalue weighted by molar-refractivity contribution is -0.145. The van der Waals surface area contributed by atoms with E-state index in [0.29, 0.717) is 35.7 Å². The molecule has 9 heteroatoms. The number of para-hydroxylation sites is 1. The molecule has 2 aromatic carbocycles. The summed E-state index contributed by atoms with van der Waals surface area (Å²) < 4.78 is 6.93. The van der Waals surface area contributed by atoms with E-state index in [4.69, 9.17) is 16.3 Å². The van der Waals surface area contributed by atoms with Crippen LogP contribution in [0.4, 0.5) is 11.4 Å². The summed E-state index contributed by atoms with van der Waals surface area (Å²) in [6.07, 6.45) is 4.77. The topological polar surface area (TPSA) is 90.4 Å². The van der Waals surface area contributed by atoms with Gasteiger partial charge in [-0.15, -0.1) is 13.2 Å². The monoisotopic (exact) mass is 605 g/mol. The molecule has 3 saturated heterocycles. The molecule has 43 heavy (non-hydrogen) atoms. The Morgan fingerprint density at radius 1 is 1.02 bits per heavy atom. The molecule has 3 aliphatic heterocycles. The van der Waals surface area contributed by atoms with Crippen molar-refractivity contribution in [3.8, 4) is 0 Å². The predicted octanol–water partition coefficient (Wildman–Crippen LogP) is 4.86. The second-order valence-corrected chi connectivity index (χ2v) is 12.4. The smallest absolute Gasteiger partial charge is 0.253 e. The first kappa shape index (κ1) is 31.0. The van der Waals surface area contributed by atoms with Crippen molar-refractivity contribution in [1.82, 2.24) is 4.90 Å².